The van der Waals surface area contributed by atoms with Crippen LogP contribution in [-0.4, -0.2) is 26.0 Å². The second kappa shape index (κ2) is 5.78. The molecule has 1 amide bonds. The molecule has 1 aromatic heterocycles. The van der Waals surface area contributed by atoms with E-state index in [1.807, 2.05) is 23.9 Å². The number of nitrogens with one attached hydrogen (secondary N) is 2. The minimum absolute atomic E-state index is 0.0224. The third kappa shape index (κ3) is 3.47. The van der Waals surface area contributed by atoms with Crippen LogP contribution in [0, 0.1) is 5.92 Å². The van der Waals surface area contributed by atoms with Gasteiger partial charge in [-0.1, -0.05) is 6.92 Å². The largest absolute Gasteiger partial charge is 0.352 e. The van der Waals surface area contributed by atoms with E-state index in [-0.39, 0.29) is 5.91 Å². The number of carbonyl (C=O) groups is 1. The van der Waals surface area contributed by atoms with E-state index in [0.29, 0.717) is 5.92 Å². The van der Waals surface area contributed by atoms with Crippen molar-refractivity contribution in [3.63, 3.8) is 0 Å². The first-order valence-electron chi connectivity index (χ1n) is 4.69. The maximum Gasteiger partial charge on any atom is 0.252 e. The van der Waals surface area contributed by atoms with Gasteiger partial charge in [-0.2, -0.15) is 11.3 Å². The van der Waals surface area contributed by atoms with Crippen LogP contribution in [0.1, 0.15) is 17.3 Å². The van der Waals surface area contributed by atoms with E-state index in [4.69, 9.17) is 0 Å². The Balaban J connectivity index is 2.28. The molecule has 4 heteroatoms. The highest BCUT2D eigenvalue weighted by Gasteiger charge is 2.06. The van der Waals surface area contributed by atoms with Crippen LogP contribution in [0.2, 0.25) is 0 Å². The lowest BCUT2D eigenvalue weighted by Crippen LogP contribution is -2.31. The van der Waals surface area contributed by atoms with E-state index in [2.05, 4.69) is 17.6 Å². The predicted molar refractivity (Wildman–Crippen MR) is 59.7 cm³/mol. The summed E-state index contributed by atoms with van der Waals surface area (Å²) in [6.07, 6.45) is 0. The molecule has 0 radical (unpaired) electrons. The van der Waals surface area contributed by atoms with Crippen molar-refractivity contribution in [2.45, 2.75) is 6.92 Å². The zero-order chi connectivity index (χ0) is 10.4. The summed E-state index contributed by atoms with van der Waals surface area (Å²) >= 11 is 1.54. The first kappa shape index (κ1) is 11.2. The molecule has 0 saturated heterocycles. The van der Waals surface area contributed by atoms with Gasteiger partial charge >= 0.3 is 0 Å². The highest BCUT2D eigenvalue weighted by atomic mass is 32.1. The SMILES string of the molecule is CNC[C@H](C)CNC(=O)c1ccsc1. The molecule has 1 atom stereocenters. The molecule has 1 aromatic rings. The first-order valence-corrected chi connectivity index (χ1v) is 5.63. The molecule has 14 heavy (non-hydrogen) atoms. The maximum absolute atomic E-state index is 11.5. The molecule has 0 unspecified atom stereocenters. The fourth-order valence-corrected chi connectivity index (χ4v) is 1.82. The highest BCUT2D eigenvalue weighted by Crippen LogP contribution is 2.05. The Morgan fingerprint density at radius 2 is 2.36 bits per heavy atom. The van der Waals surface area contributed by atoms with Crippen molar-refractivity contribution in [2.24, 2.45) is 5.92 Å². The number of thiophene rings is 1. The van der Waals surface area contributed by atoms with Crippen LogP contribution in [0.4, 0.5) is 0 Å². The van der Waals surface area contributed by atoms with Crippen LogP contribution < -0.4 is 10.6 Å². The van der Waals surface area contributed by atoms with Crippen molar-refractivity contribution in [3.05, 3.63) is 22.4 Å². The van der Waals surface area contributed by atoms with Gasteiger partial charge in [0, 0.05) is 17.5 Å². The summed E-state index contributed by atoms with van der Waals surface area (Å²) in [5.74, 6) is 0.483. The number of hydrogen-bond donors (Lipinski definition) is 2. The quantitative estimate of drug-likeness (QED) is 0.773. The zero-order valence-electron chi connectivity index (χ0n) is 8.54. The molecule has 2 N–H and O–H groups in total. The summed E-state index contributed by atoms with van der Waals surface area (Å²) in [4.78, 5) is 11.5. The topological polar surface area (TPSA) is 41.1 Å². The fraction of sp³-hybridized carbons (Fsp3) is 0.500. The molecule has 0 aliphatic heterocycles. The minimum Gasteiger partial charge on any atom is -0.352 e. The van der Waals surface area contributed by atoms with Gasteiger partial charge in [-0.15, -0.1) is 0 Å². The van der Waals surface area contributed by atoms with Gasteiger partial charge in [0.1, 0.15) is 0 Å². The summed E-state index contributed by atoms with van der Waals surface area (Å²) in [6, 6.07) is 1.84. The Morgan fingerprint density at radius 1 is 1.57 bits per heavy atom. The Hall–Kier alpha value is -0.870. The van der Waals surface area contributed by atoms with Crippen LogP contribution in [0.5, 0.6) is 0 Å². The Morgan fingerprint density at radius 3 is 2.93 bits per heavy atom. The summed E-state index contributed by atoms with van der Waals surface area (Å²) in [7, 11) is 1.91. The van der Waals surface area contributed by atoms with Crippen LogP contribution in [0.25, 0.3) is 0 Å². The van der Waals surface area contributed by atoms with Gasteiger partial charge in [0.05, 0.1) is 0 Å². The Kier molecular flexibility index (Phi) is 4.62. The van der Waals surface area contributed by atoms with E-state index in [1.54, 1.807) is 0 Å². The van der Waals surface area contributed by atoms with Gasteiger partial charge in [0.15, 0.2) is 0 Å². The predicted octanol–water partition coefficient (Wildman–Crippen LogP) is 1.33. The minimum atomic E-state index is 0.0224. The average Bonchev–Trinajstić information content (AvgIpc) is 2.67. The molecule has 0 spiro atoms. The molecular weight excluding hydrogens is 196 g/mol. The van der Waals surface area contributed by atoms with Crippen molar-refractivity contribution in [2.75, 3.05) is 20.1 Å². The molecule has 0 bridgehead atoms. The van der Waals surface area contributed by atoms with Crippen molar-refractivity contribution < 1.29 is 4.79 Å². The van der Waals surface area contributed by atoms with Gasteiger partial charge in [-0.25, -0.2) is 0 Å². The van der Waals surface area contributed by atoms with E-state index in [1.165, 1.54) is 11.3 Å². The van der Waals surface area contributed by atoms with Gasteiger partial charge in [0.2, 0.25) is 0 Å². The summed E-state index contributed by atoms with van der Waals surface area (Å²) in [5, 5.41) is 9.74. The summed E-state index contributed by atoms with van der Waals surface area (Å²) in [6.45, 7) is 3.74. The van der Waals surface area contributed by atoms with Crippen molar-refractivity contribution in [1.29, 1.82) is 0 Å². The maximum atomic E-state index is 11.5. The molecule has 0 aliphatic rings. The second-order valence-electron chi connectivity index (χ2n) is 3.38. The highest BCUT2D eigenvalue weighted by molar-refractivity contribution is 7.08. The molecule has 3 nitrogen and oxygen atoms in total. The molecular formula is C10H16N2OS. The van der Waals surface area contributed by atoms with Gasteiger partial charge < -0.3 is 10.6 Å². The Labute approximate surface area is 88.5 Å². The average molecular weight is 212 g/mol. The molecule has 0 aliphatic carbocycles. The molecule has 1 rings (SSSR count). The molecule has 78 valence electrons. The van der Waals surface area contributed by atoms with Crippen LogP contribution in [-0.2, 0) is 0 Å². The normalized spacial score (nSPS) is 12.4. The number of carbonyl (C=O) groups excluding carboxylic acids is 1. The molecule has 0 fully saturated rings. The van der Waals surface area contributed by atoms with Crippen LogP contribution in [0.15, 0.2) is 16.8 Å². The summed E-state index contributed by atoms with van der Waals surface area (Å²) < 4.78 is 0. The smallest absolute Gasteiger partial charge is 0.252 e. The van der Waals surface area contributed by atoms with Crippen LogP contribution >= 0.6 is 11.3 Å². The molecule has 0 aromatic carbocycles. The number of hydrogen-bond acceptors (Lipinski definition) is 3. The lowest BCUT2D eigenvalue weighted by atomic mass is 10.2. The lowest BCUT2D eigenvalue weighted by Gasteiger charge is -2.11. The Bertz CT molecular complexity index is 272. The zero-order valence-corrected chi connectivity index (χ0v) is 9.36. The molecule has 1 heterocycles. The van der Waals surface area contributed by atoms with Crippen molar-refractivity contribution >= 4 is 17.2 Å². The third-order valence-corrected chi connectivity index (χ3v) is 2.63. The van der Waals surface area contributed by atoms with Gasteiger partial charge in [-0.05, 0) is 31.0 Å². The van der Waals surface area contributed by atoms with E-state index < -0.39 is 0 Å². The monoisotopic (exact) mass is 212 g/mol. The van der Waals surface area contributed by atoms with Gasteiger partial charge in [-0.3, -0.25) is 4.79 Å². The lowest BCUT2D eigenvalue weighted by molar-refractivity contribution is 0.0948. The fourth-order valence-electron chi connectivity index (χ4n) is 1.18. The van der Waals surface area contributed by atoms with Crippen molar-refractivity contribution in [1.82, 2.24) is 10.6 Å². The number of rotatable bonds is 5. The first-order chi connectivity index (χ1) is 6.74. The standard InChI is InChI=1S/C10H16N2OS/c1-8(5-11-2)6-12-10(13)9-3-4-14-7-9/h3-4,7-8,11H,5-6H2,1-2H3,(H,12,13)/t8-/m0/s1. The third-order valence-electron chi connectivity index (χ3n) is 1.95. The summed E-state index contributed by atoms with van der Waals surface area (Å²) in [5.41, 5.74) is 0.756. The molecule has 0 saturated carbocycles. The van der Waals surface area contributed by atoms with Gasteiger partial charge in [0.25, 0.3) is 5.91 Å². The van der Waals surface area contributed by atoms with E-state index in [0.717, 1.165) is 18.7 Å². The number of amides is 1. The van der Waals surface area contributed by atoms with Crippen LogP contribution in [0.3, 0.4) is 0 Å². The second-order valence-corrected chi connectivity index (χ2v) is 4.16. The van der Waals surface area contributed by atoms with E-state index in [9.17, 15) is 4.79 Å². The van der Waals surface area contributed by atoms with E-state index >= 15 is 0 Å². The van der Waals surface area contributed by atoms with Crippen molar-refractivity contribution in [3.8, 4) is 0 Å².